The summed E-state index contributed by atoms with van der Waals surface area (Å²) in [5.74, 6) is -0.177. The molecule has 0 amide bonds. The molecule has 2 aromatic heterocycles. The Labute approximate surface area is 147 Å². The van der Waals surface area contributed by atoms with E-state index in [1.165, 1.54) is 27.7 Å². The van der Waals surface area contributed by atoms with Crippen molar-refractivity contribution < 1.29 is 9.53 Å². The number of hydrogen-bond acceptors (Lipinski definition) is 6. The minimum absolute atomic E-state index is 0.105. The van der Waals surface area contributed by atoms with Gasteiger partial charge in [0, 0.05) is 18.0 Å². The summed E-state index contributed by atoms with van der Waals surface area (Å²) in [7, 11) is 1.68. The quantitative estimate of drug-likeness (QED) is 0.397. The van der Waals surface area contributed by atoms with Crippen LogP contribution in [0.4, 0.5) is 0 Å². The molecular formula is C17H16N2O3S2. The van der Waals surface area contributed by atoms with Crippen LogP contribution in [0.1, 0.15) is 6.92 Å². The maximum Gasteiger partial charge on any atom is 0.316 e. The van der Waals surface area contributed by atoms with Crippen LogP contribution in [0.3, 0.4) is 0 Å². The first-order chi connectivity index (χ1) is 11.6. The number of thioether (sulfide) groups is 1. The second kappa shape index (κ2) is 7.19. The molecule has 0 aliphatic carbocycles. The molecule has 24 heavy (non-hydrogen) atoms. The Balaban J connectivity index is 2.00. The van der Waals surface area contributed by atoms with Gasteiger partial charge in [0.15, 0.2) is 5.16 Å². The summed E-state index contributed by atoms with van der Waals surface area (Å²) in [4.78, 5) is 29.5. The zero-order chi connectivity index (χ0) is 17.1. The molecule has 3 aromatic rings. The van der Waals surface area contributed by atoms with Crippen molar-refractivity contribution in [1.82, 2.24) is 9.55 Å². The Kier molecular flexibility index (Phi) is 5.01. The normalized spacial score (nSPS) is 10.9. The average molecular weight is 360 g/mol. The first kappa shape index (κ1) is 16.7. The van der Waals surface area contributed by atoms with E-state index >= 15 is 0 Å². The second-order valence-corrected chi connectivity index (χ2v) is 6.85. The highest BCUT2D eigenvalue weighted by molar-refractivity contribution is 7.99. The highest BCUT2D eigenvalue weighted by atomic mass is 32.2. The van der Waals surface area contributed by atoms with Crippen molar-refractivity contribution >= 4 is 39.3 Å². The smallest absolute Gasteiger partial charge is 0.316 e. The molecule has 0 aliphatic heterocycles. The first-order valence-corrected chi connectivity index (χ1v) is 9.30. The van der Waals surface area contributed by atoms with Gasteiger partial charge in [-0.2, -0.15) is 0 Å². The van der Waals surface area contributed by atoms with Crippen LogP contribution in [-0.4, -0.2) is 27.9 Å². The molecule has 0 saturated heterocycles. The van der Waals surface area contributed by atoms with Crippen molar-refractivity contribution in [2.45, 2.75) is 12.1 Å². The van der Waals surface area contributed by atoms with E-state index in [0.29, 0.717) is 22.0 Å². The largest absolute Gasteiger partial charge is 0.465 e. The van der Waals surface area contributed by atoms with E-state index in [2.05, 4.69) is 4.98 Å². The van der Waals surface area contributed by atoms with Crippen molar-refractivity contribution in [2.75, 3.05) is 12.4 Å². The predicted molar refractivity (Wildman–Crippen MR) is 97.7 cm³/mol. The molecular weight excluding hydrogens is 344 g/mol. The fraction of sp³-hybridized carbons (Fsp3) is 0.235. The Morgan fingerprint density at radius 2 is 2.08 bits per heavy atom. The van der Waals surface area contributed by atoms with E-state index in [9.17, 15) is 9.59 Å². The van der Waals surface area contributed by atoms with Crippen molar-refractivity contribution in [2.24, 2.45) is 7.05 Å². The molecule has 7 heteroatoms. The third kappa shape index (κ3) is 3.22. The Bertz CT molecular complexity index is 932. The van der Waals surface area contributed by atoms with Crippen LogP contribution in [0.25, 0.3) is 21.3 Å². The molecule has 0 radical (unpaired) electrons. The SMILES string of the molecule is CCOC(=O)CSc1nc2scc(-c3ccccc3)c2c(=O)n1C. The Hall–Kier alpha value is -2.12. The van der Waals surface area contributed by atoms with E-state index in [4.69, 9.17) is 4.74 Å². The fourth-order valence-electron chi connectivity index (χ4n) is 2.34. The van der Waals surface area contributed by atoms with E-state index in [0.717, 1.165) is 11.1 Å². The highest BCUT2D eigenvalue weighted by Crippen LogP contribution is 2.31. The molecule has 3 rings (SSSR count). The van der Waals surface area contributed by atoms with Gasteiger partial charge >= 0.3 is 5.97 Å². The van der Waals surface area contributed by atoms with Gasteiger partial charge in [-0.25, -0.2) is 4.98 Å². The van der Waals surface area contributed by atoms with E-state index in [1.54, 1.807) is 14.0 Å². The van der Waals surface area contributed by atoms with Gasteiger partial charge in [-0.15, -0.1) is 11.3 Å². The number of esters is 1. The Morgan fingerprint density at radius 3 is 2.79 bits per heavy atom. The van der Waals surface area contributed by atoms with Crippen molar-refractivity contribution in [3.63, 3.8) is 0 Å². The third-order valence-electron chi connectivity index (χ3n) is 3.48. The summed E-state index contributed by atoms with van der Waals surface area (Å²) in [6, 6.07) is 9.79. The molecule has 1 aromatic carbocycles. The minimum Gasteiger partial charge on any atom is -0.465 e. The van der Waals surface area contributed by atoms with Crippen molar-refractivity contribution in [3.8, 4) is 11.1 Å². The first-order valence-electron chi connectivity index (χ1n) is 7.44. The standard InChI is InChI=1S/C17H16N2O3S2/c1-3-22-13(20)10-24-17-18-15-14(16(21)19(17)2)12(9-23-15)11-7-5-4-6-8-11/h4-9H,3,10H2,1-2H3. The number of benzene rings is 1. The maximum absolute atomic E-state index is 12.8. The molecule has 0 aliphatic rings. The molecule has 0 saturated carbocycles. The monoisotopic (exact) mass is 360 g/mol. The molecule has 0 N–H and O–H groups in total. The van der Waals surface area contributed by atoms with Gasteiger partial charge in [0.05, 0.1) is 17.7 Å². The Morgan fingerprint density at radius 1 is 1.33 bits per heavy atom. The van der Waals surface area contributed by atoms with Crippen LogP contribution in [0.2, 0.25) is 0 Å². The van der Waals surface area contributed by atoms with Gasteiger partial charge in [0.25, 0.3) is 5.56 Å². The van der Waals surface area contributed by atoms with E-state index in [1.807, 2.05) is 35.7 Å². The van der Waals surface area contributed by atoms with Crippen LogP contribution in [-0.2, 0) is 16.6 Å². The third-order valence-corrected chi connectivity index (χ3v) is 5.36. The van der Waals surface area contributed by atoms with Gasteiger partial charge in [0.2, 0.25) is 0 Å². The van der Waals surface area contributed by atoms with Crippen LogP contribution in [0.5, 0.6) is 0 Å². The summed E-state index contributed by atoms with van der Waals surface area (Å²) in [5.41, 5.74) is 1.78. The highest BCUT2D eigenvalue weighted by Gasteiger charge is 2.16. The van der Waals surface area contributed by atoms with Gasteiger partial charge < -0.3 is 4.74 Å². The summed E-state index contributed by atoms with van der Waals surface area (Å²) < 4.78 is 6.40. The lowest BCUT2D eigenvalue weighted by atomic mass is 10.1. The van der Waals surface area contributed by atoms with E-state index < -0.39 is 0 Å². The number of ether oxygens (including phenoxy) is 1. The molecule has 0 bridgehead atoms. The number of thiophene rings is 1. The fourth-order valence-corrected chi connectivity index (χ4v) is 4.10. The summed E-state index contributed by atoms with van der Waals surface area (Å²) in [6.07, 6.45) is 0. The zero-order valence-corrected chi connectivity index (χ0v) is 14.9. The minimum atomic E-state index is -0.312. The maximum atomic E-state index is 12.8. The molecule has 0 fully saturated rings. The van der Waals surface area contributed by atoms with Crippen LogP contribution in [0.15, 0.2) is 45.7 Å². The second-order valence-electron chi connectivity index (χ2n) is 5.05. The van der Waals surface area contributed by atoms with Gasteiger partial charge in [0.1, 0.15) is 4.83 Å². The average Bonchev–Trinajstić information content (AvgIpc) is 3.02. The van der Waals surface area contributed by atoms with Crippen molar-refractivity contribution in [3.05, 3.63) is 46.1 Å². The molecule has 0 atom stereocenters. The zero-order valence-electron chi connectivity index (χ0n) is 13.3. The number of nitrogens with zero attached hydrogens (tertiary/aromatic N) is 2. The molecule has 0 spiro atoms. The summed E-state index contributed by atoms with van der Waals surface area (Å²) >= 11 is 2.65. The molecule has 5 nitrogen and oxygen atoms in total. The van der Waals surface area contributed by atoms with Gasteiger partial charge in [-0.3, -0.25) is 14.2 Å². The van der Waals surface area contributed by atoms with Crippen molar-refractivity contribution in [1.29, 1.82) is 0 Å². The molecule has 0 unspecified atom stereocenters. The van der Waals surface area contributed by atoms with Crippen LogP contribution >= 0.6 is 23.1 Å². The van der Waals surface area contributed by atoms with E-state index in [-0.39, 0.29) is 17.3 Å². The van der Waals surface area contributed by atoms with Crippen LogP contribution < -0.4 is 5.56 Å². The van der Waals surface area contributed by atoms with Gasteiger partial charge in [-0.1, -0.05) is 42.1 Å². The predicted octanol–water partition coefficient (Wildman–Crippen LogP) is 3.32. The topological polar surface area (TPSA) is 61.2 Å². The number of aromatic nitrogens is 2. The lowest BCUT2D eigenvalue weighted by Gasteiger charge is -2.07. The van der Waals surface area contributed by atoms with Crippen LogP contribution in [0, 0.1) is 0 Å². The number of hydrogen-bond donors (Lipinski definition) is 0. The number of rotatable bonds is 5. The molecule has 2 heterocycles. The summed E-state index contributed by atoms with van der Waals surface area (Å²) in [5, 5.41) is 3.09. The number of carbonyl (C=O) groups is 1. The molecule has 124 valence electrons. The van der Waals surface area contributed by atoms with Gasteiger partial charge in [-0.05, 0) is 12.5 Å². The lowest BCUT2D eigenvalue weighted by Crippen LogP contribution is -2.20. The number of fused-ring (bicyclic) bond motifs is 1. The number of carbonyl (C=O) groups excluding carboxylic acids is 1. The lowest BCUT2D eigenvalue weighted by molar-refractivity contribution is -0.139. The summed E-state index contributed by atoms with van der Waals surface area (Å²) in [6.45, 7) is 2.11.